The molecule has 0 spiro atoms. The molecule has 2 aromatic rings. The smallest absolute Gasteiger partial charge is 0.664 e. The van der Waals surface area contributed by atoms with Crippen LogP contribution in [0.3, 0.4) is 0 Å². The largest absolute Gasteiger partial charge is 2.00 e. The number of hydrogen-bond donors (Lipinski definition) is 0. The number of allylic oxidation sites excluding steroid dienone is 4. The molecule has 0 bridgehead atoms. The average Bonchev–Trinajstić information content (AvgIpc) is 3.54. The fraction of sp³-hybridized carbons (Fsp3) is 0.438. The second kappa shape index (κ2) is 12.4. The van der Waals surface area contributed by atoms with E-state index in [1.165, 1.54) is 44.5 Å². The van der Waals surface area contributed by atoms with Crippen molar-refractivity contribution in [1.29, 1.82) is 0 Å². The van der Waals surface area contributed by atoms with Crippen molar-refractivity contribution in [3.63, 3.8) is 0 Å². The molecule has 0 unspecified atom stereocenters. The zero-order valence-corrected chi connectivity index (χ0v) is 27.0. The van der Waals surface area contributed by atoms with E-state index < -0.39 is 0 Å². The summed E-state index contributed by atoms with van der Waals surface area (Å²) in [7, 11) is 0. The first-order valence-electron chi connectivity index (χ1n) is 13.4. The van der Waals surface area contributed by atoms with Crippen LogP contribution in [0, 0.1) is 20.8 Å². The van der Waals surface area contributed by atoms with Crippen molar-refractivity contribution in [2.45, 2.75) is 93.9 Å². The van der Waals surface area contributed by atoms with Crippen LogP contribution in [0.1, 0.15) is 99.6 Å². The Morgan fingerprint density at radius 2 is 1.51 bits per heavy atom. The van der Waals surface area contributed by atoms with E-state index in [0.717, 1.165) is 72.7 Å². The first-order chi connectivity index (χ1) is 17.2. The molecule has 0 saturated carbocycles. The standard InChI is InChI=1S/C32H40N4.Zn/c1-9-25-19(3)17-33-31(25)15-29-21(5)27(23(7)35-29)13-11-12-14-28-22(6)30(36-24(28)8)16-32-26(10-2)20(4)18-34-32;/h15-18H,9-14H2,1-8H3;/q-2;+2/b29-15+,32-16+;. The van der Waals surface area contributed by atoms with E-state index in [-0.39, 0.29) is 19.5 Å². The van der Waals surface area contributed by atoms with E-state index in [4.69, 9.17) is 9.98 Å². The molecule has 0 fully saturated rings. The van der Waals surface area contributed by atoms with Gasteiger partial charge >= 0.3 is 19.5 Å². The van der Waals surface area contributed by atoms with Crippen LogP contribution in [0.2, 0.25) is 0 Å². The third-order valence-electron chi connectivity index (χ3n) is 7.85. The van der Waals surface area contributed by atoms with E-state index in [1.54, 1.807) is 0 Å². The molecule has 2 aromatic heterocycles. The molecule has 0 atom stereocenters. The van der Waals surface area contributed by atoms with E-state index in [2.05, 4.69) is 77.5 Å². The molecule has 0 saturated heterocycles. The number of aromatic nitrogens is 2. The Hall–Kier alpha value is -2.52. The minimum Gasteiger partial charge on any atom is -0.664 e. The number of rotatable bonds is 9. The monoisotopic (exact) mass is 544 g/mol. The quantitative estimate of drug-likeness (QED) is 0.238. The van der Waals surface area contributed by atoms with Crippen molar-refractivity contribution in [3.05, 3.63) is 79.2 Å². The molecular weight excluding hydrogens is 506 g/mol. The molecule has 4 rings (SSSR count). The third kappa shape index (κ3) is 5.98. The van der Waals surface area contributed by atoms with E-state index in [1.807, 2.05) is 12.4 Å². The molecule has 0 aliphatic carbocycles. The molecule has 2 aliphatic heterocycles. The predicted octanol–water partition coefficient (Wildman–Crippen LogP) is 7.78. The minimum absolute atomic E-state index is 0. The van der Waals surface area contributed by atoms with Gasteiger partial charge in [-0.15, -0.1) is 11.4 Å². The summed E-state index contributed by atoms with van der Waals surface area (Å²) in [6, 6.07) is 0. The minimum atomic E-state index is 0. The van der Waals surface area contributed by atoms with Crippen molar-refractivity contribution >= 4 is 24.1 Å². The van der Waals surface area contributed by atoms with Gasteiger partial charge in [0.25, 0.3) is 0 Å². The third-order valence-corrected chi connectivity index (χ3v) is 7.85. The van der Waals surface area contributed by atoms with Crippen molar-refractivity contribution in [1.82, 2.24) is 9.97 Å². The van der Waals surface area contributed by atoms with Gasteiger partial charge in [0.15, 0.2) is 0 Å². The molecule has 0 N–H and O–H groups in total. The summed E-state index contributed by atoms with van der Waals surface area (Å²) in [5, 5.41) is 0. The summed E-state index contributed by atoms with van der Waals surface area (Å²) < 4.78 is 0. The molecular formula is C32H40N4Zn. The maximum Gasteiger partial charge on any atom is 2.00 e. The Morgan fingerprint density at radius 3 is 2.22 bits per heavy atom. The zero-order valence-electron chi connectivity index (χ0n) is 24.0. The van der Waals surface area contributed by atoms with Gasteiger partial charge in [-0.2, -0.15) is 11.9 Å². The second-order valence-electron chi connectivity index (χ2n) is 10.2. The Balaban J connectivity index is 0.00000380. The first kappa shape index (κ1) is 29.0. The molecule has 4 nitrogen and oxygen atoms in total. The summed E-state index contributed by atoms with van der Waals surface area (Å²) in [6.45, 7) is 17.4. The molecule has 5 heteroatoms. The number of aliphatic imine (C=N–C) groups is 2. The first-order valence-corrected chi connectivity index (χ1v) is 13.4. The predicted molar refractivity (Wildman–Crippen MR) is 154 cm³/mol. The summed E-state index contributed by atoms with van der Waals surface area (Å²) in [5.74, 6) is 0. The zero-order chi connectivity index (χ0) is 26.0. The Bertz CT molecular complexity index is 1350. The van der Waals surface area contributed by atoms with Crippen LogP contribution in [0.5, 0.6) is 0 Å². The van der Waals surface area contributed by atoms with Crippen molar-refractivity contribution < 1.29 is 19.5 Å². The normalized spacial score (nSPS) is 17.6. The van der Waals surface area contributed by atoms with Gasteiger partial charge in [-0.25, -0.2) is 0 Å². The molecule has 0 radical (unpaired) electrons. The van der Waals surface area contributed by atoms with Crippen LogP contribution in [-0.4, -0.2) is 11.9 Å². The average molecular weight is 546 g/mol. The number of unbranched alkanes of at least 4 members (excludes halogenated alkanes) is 1. The number of nitrogens with zero attached hydrogens (tertiary/aromatic N) is 4. The van der Waals surface area contributed by atoms with E-state index in [9.17, 15) is 0 Å². The van der Waals surface area contributed by atoms with Gasteiger partial charge in [0.1, 0.15) is 0 Å². The Labute approximate surface area is 236 Å². The van der Waals surface area contributed by atoms with Crippen molar-refractivity contribution in [3.8, 4) is 0 Å². The van der Waals surface area contributed by atoms with Crippen molar-refractivity contribution in [2.24, 2.45) is 9.98 Å². The Morgan fingerprint density at radius 1 is 0.811 bits per heavy atom. The van der Waals surface area contributed by atoms with Crippen LogP contribution in [0.25, 0.3) is 12.2 Å². The van der Waals surface area contributed by atoms with Crippen LogP contribution < -0.4 is 9.97 Å². The molecule has 0 aromatic carbocycles. The van der Waals surface area contributed by atoms with E-state index >= 15 is 0 Å². The number of aryl methyl sites for hydroxylation is 2. The topological polar surface area (TPSA) is 52.9 Å². The van der Waals surface area contributed by atoms with Crippen LogP contribution in [-0.2, 0) is 32.3 Å². The number of hydrogen-bond acceptors (Lipinski definition) is 2. The van der Waals surface area contributed by atoms with Gasteiger partial charge in [0, 0.05) is 11.9 Å². The van der Waals surface area contributed by atoms with Gasteiger partial charge in [-0.1, -0.05) is 55.2 Å². The fourth-order valence-electron chi connectivity index (χ4n) is 5.61. The van der Waals surface area contributed by atoms with E-state index in [0.29, 0.717) is 0 Å². The van der Waals surface area contributed by atoms with Crippen LogP contribution in [0.4, 0.5) is 0 Å². The van der Waals surface area contributed by atoms with Gasteiger partial charge in [-0.3, -0.25) is 9.98 Å². The summed E-state index contributed by atoms with van der Waals surface area (Å²) >= 11 is 0. The summed E-state index contributed by atoms with van der Waals surface area (Å²) in [5.41, 5.74) is 17.2. The summed E-state index contributed by atoms with van der Waals surface area (Å²) in [4.78, 5) is 19.0. The van der Waals surface area contributed by atoms with Crippen molar-refractivity contribution in [2.75, 3.05) is 0 Å². The molecule has 190 valence electrons. The Kier molecular flexibility index (Phi) is 9.70. The van der Waals surface area contributed by atoms with Gasteiger partial charge in [0.2, 0.25) is 0 Å². The maximum atomic E-state index is 4.90. The maximum absolute atomic E-state index is 4.90. The second-order valence-corrected chi connectivity index (χ2v) is 10.2. The molecule has 0 amide bonds. The van der Waals surface area contributed by atoms with Crippen LogP contribution >= 0.6 is 0 Å². The fourth-order valence-corrected chi connectivity index (χ4v) is 5.61. The summed E-state index contributed by atoms with van der Waals surface area (Å²) in [6.07, 6.45) is 14.7. The molecule has 4 heterocycles. The van der Waals surface area contributed by atoms with Crippen LogP contribution in [0.15, 0.2) is 49.9 Å². The SMILES string of the molecule is CCC1=C(C)C=N/C1=C/c1[n-]c(C)c(CCCCC2=C(C)/C(=C\c3[n-]cc(C)c3CC)N=C2C)c1C.[Zn+2]. The van der Waals surface area contributed by atoms with Gasteiger partial charge in [-0.05, 0) is 95.4 Å². The van der Waals surface area contributed by atoms with Gasteiger partial charge < -0.3 is 9.97 Å². The molecule has 37 heavy (non-hydrogen) atoms. The van der Waals surface area contributed by atoms with Gasteiger partial charge in [0.05, 0.1) is 11.4 Å². The molecule has 2 aliphatic rings.